The molecule has 0 atom stereocenters. The van der Waals surface area contributed by atoms with Gasteiger partial charge in [-0.3, -0.25) is 0 Å². The highest BCUT2D eigenvalue weighted by molar-refractivity contribution is 6.28. The quantitative estimate of drug-likeness (QED) is 0.771. The van der Waals surface area contributed by atoms with E-state index in [0.29, 0.717) is 0 Å². The SMILES string of the molecule is O=C(N[C@H]1CC[C@@H](Nc2nc(Cl)ncc2F)CC1)OCc1ccccc1. The molecule has 0 spiro atoms. The van der Waals surface area contributed by atoms with Crippen LogP contribution in [0.15, 0.2) is 36.5 Å². The van der Waals surface area contributed by atoms with Gasteiger partial charge in [-0.05, 0) is 42.8 Å². The molecular formula is C18H20ClFN4O2. The van der Waals surface area contributed by atoms with Gasteiger partial charge in [0, 0.05) is 12.1 Å². The average molecular weight is 379 g/mol. The predicted octanol–water partition coefficient (Wildman–Crippen LogP) is 3.92. The van der Waals surface area contributed by atoms with Gasteiger partial charge in [0.1, 0.15) is 6.61 Å². The van der Waals surface area contributed by atoms with Gasteiger partial charge in [-0.25, -0.2) is 14.2 Å². The fraction of sp³-hybridized carbons (Fsp3) is 0.389. The smallest absolute Gasteiger partial charge is 0.407 e. The summed E-state index contributed by atoms with van der Waals surface area (Å²) in [6, 6.07) is 9.66. The molecule has 1 fully saturated rings. The predicted molar refractivity (Wildman–Crippen MR) is 96.4 cm³/mol. The number of carbonyl (C=O) groups is 1. The summed E-state index contributed by atoms with van der Waals surface area (Å²) >= 11 is 5.70. The maximum absolute atomic E-state index is 13.7. The Kier molecular flexibility index (Phi) is 6.22. The summed E-state index contributed by atoms with van der Waals surface area (Å²) in [5.74, 6) is -0.414. The molecule has 1 aliphatic carbocycles. The Hall–Kier alpha value is -2.41. The lowest BCUT2D eigenvalue weighted by Crippen LogP contribution is -2.40. The molecular weight excluding hydrogens is 359 g/mol. The maximum Gasteiger partial charge on any atom is 0.407 e. The number of hydrogen-bond acceptors (Lipinski definition) is 5. The van der Waals surface area contributed by atoms with Crippen molar-refractivity contribution in [2.75, 3.05) is 5.32 Å². The molecule has 138 valence electrons. The number of nitrogens with one attached hydrogen (secondary N) is 2. The first-order valence-corrected chi connectivity index (χ1v) is 8.90. The van der Waals surface area contributed by atoms with Crippen molar-refractivity contribution >= 4 is 23.5 Å². The molecule has 3 rings (SSSR count). The summed E-state index contributed by atoms with van der Waals surface area (Å²) in [4.78, 5) is 19.4. The van der Waals surface area contributed by atoms with Crippen LogP contribution in [0.4, 0.5) is 15.0 Å². The summed E-state index contributed by atoms with van der Waals surface area (Å²) < 4.78 is 18.9. The first kappa shape index (κ1) is 18.4. The third kappa shape index (κ3) is 5.29. The molecule has 0 bridgehead atoms. The first-order chi connectivity index (χ1) is 12.6. The minimum absolute atomic E-state index is 0.00501. The Labute approximate surface area is 156 Å². The van der Waals surface area contributed by atoms with Gasteiger partial charge in [-0.2, -0.15) is 4.98 Å². The topological polar surface area (TPSA) is 76.1 Å². The second-order valence-electron chi connectivity index (χ2n) is 6.23. The Morgan fingerprint density at radius 2 is 1.88 bits per heavy atom. The highest BCUT2D eigenvalue weighted by Gasteiger charge is 2.24. The molecule has 1 aromatic heterocycles. The molecule has 8 heteroatoms. The summed E-state index contributed by atoms with van der Waals surface area (Å²) in [6.07, 6.45) is 3.75. The molecule has 0 aliphatic heterocycles. The summed E-state index contributed by atoms with van der Waals surface area (Å²) in [6.45, 7) is 0.247. The van der Waals surface area contributed by atoms with Gasteiger partial charge in [0.15, 0.2) is 11.6 Å². The van der Waals surface area contributed by atoms with Crippen molar-refractivity contribution in [1.29, 1.82) is 0 Å². The van der Waals surface area contributed by atoms with Crippen molar-refractivity contribution < 1.29 is 13.9 Å². The van der Waals surface area contributed by atoms with E-state index in [1.54, 1.807) is 0 Å². The van der Waals surface area contributed by atoms with E-state index in [-0.39, 0.29) is 29.8 Å². The molecule has 1 aliphatic rings. The number of anilines is 1. The maximum atomic E-state index is 13.7. The normalized spacial score (nSPS) is 19.6. The zero-order valence-corrected chi connectivity index (χ0v) is 14.9. The minimum atomic E-state index is -0.529. The zero-order chi connectivity index (χ0) is 18.4. The van der Waals surface area contributed by atoms with Crippen molar-refractivity contribution in [1.82, 2.24) is 15.3 Å². The van der Waals surface area contributed by atoms with Gasteiger partial charge in [0.25, 0.3) is 0 Å². The van der Waals surface area contributed by atoms with E-state index < -0.39 is 11.9 Å². The third-order valence-corrected chi connectivity index (χ3v) is 4.50. The number of aromatic nitrogens is 2. The van der Waals surface area contributed by atoms with Crippen LogP contribution >= 0.6 is 11.6 Å². The number of nitrogens with zero attached hydrogens (tertiary/aromatic N) is 2. The summed E-state index contributed by atoms with van der Waals surface area (Å²) in [7, 11) is 0. The average Bonchev–Trinajstić information content (AvgIpc) is 2.65. The van der Waals surface area contributed by atoms with Gasteiger partial charge in [0.05, 0.1) is 6.20 Å². The molecule has 1 heterocycles. The minimum Gasteiger partial charge on any atom is -0.445 e. The second kappa shape index (κ2) is 8.80. The van der Waals surface area contributed by atoms with Crippen LogP contribution in [0.1, 0.15) is 31.2 Å². The van der Waals surface area contributed by atoms with Crippen molar-refractivity contribution in [3.8, 4) is 0 Å². The zero-order valence-electron chi connectivity index (χ0n) is 14.1. The van der Waals surface area contributed by atoms with Crippen LogP contribution < -0.4 is 10.6 Å². The van der Waals surface area contributed by atoms with Gasteiger partial charge in [-0.15, -0.1) is 0 Å². The van der Waals surface area contributed by atoms with E-state index in [2.05, 4.69) is 20.6 Å². The largest absolute Gasteiger partial charge is 0.445 e. The fourth-order valence-electron chi connectivity index (χ4n) is 2.95. The van der Waals surface area contributed by atoms with Crippen LogP contribution in [-0.4, -0.2) is 28.1 Å². The Morgan fingerprint density at radius 1 is 1.19 bits per heavy atom. The molecule has 1 amide bonds. The fourth-order valence-corrected chi connectivity index (χ4v) is 3.09. The van der Waals surface area contributed by atoms with E-state index in [9.17, 15) is 9.18 Å². The molecule has 0 radical (unpaired) electrons. The lowest BCUT2D eigenvalue weighted by Gasteiger charge is -2.29. The third-order valence-electron chi connectivity index (χ3n) is 4.32. The first-order valence-electron chi connectivity index (χ1n) is 8.52. The molecule has 6 nitrogen and oxygen atoms in total. The number of rotatable bonds is 5. The highest BCUT2D eigenvalue weighted by atomic mass is 35.5. The van der Waals surface area contributed by atoms with Gasteiger partial charge >= 0.3 is 6.09 Å². The van der Waals surface area contributed by atoms with Crippen LogP contribution in [-0.2, 0) is 11.3 Å². The lowest BCUT2D eigenvalue weighted by atomic mass is 9.91. The Bertz CT molecular complexity index is 739. The Balaban J connectivity index is 1.40. The number of amides is 1. The van der Waals surface area contributed by atoms with Crippen molar-refractivity contribution in [3.05, 3.63) is 53.2 Å². The van der Waals surface area contributed by atoms with E-state index in [1.165, 1.54) is 0 Å². The molecule has 26 heavy (non-hydrogen) atoms. The van der Waals surface area contributed by atoms with Gasteiger partial charge in [-0.1, -0.05) is 30.3 Å². The van der Waals surface area contributed by atoms with Crippen molar-refractivity contribution in [2.24, 2.45) is 0 Å². The van der Waals surface area contributed by atoms with Crippen LogP contribution in [0.25, 0.3) is 0 Å². The van der Waals surface area contributed by atoms with E-state index in [4.69, 9.17) is 16.3 Å². The van der Waals surface area contributed by atoms with Gasteiger partial charge in [0.2, 0.25) is 5.28 Å². The molecule has 1 aromatic carbocycles. The molecule has 0 saturated heterocycles. The highest BCUT2D eigenvalue weighted by Crippen LogP contribution is 2.23. The lowest BCUT2D eigenvalue weighted by molar-refractivity contribution is 0.132. The number of carbonyl (C=O) groups excluding carboxylic acids is 1. The van der Waals surface area contributed by atoms with E-state index in [1.807, 2.05) is 30.3 Å². The molecule has 2 N–H and O–H groups in total. The van der Waals surface area contributed by atoms with Crippen LogP contribution in [0, 0.1) is 5.82 Å². The van der Waals surface area contributed by atoms with Crippen LogP contribution in [0.3, 0.4) is 0 Å². The standard InChI is InChI=1S/C18H20ClFN4O2/c19-17-21-10-15(20)16(24-17)22-13-6-8-14(9-7-13)23-18(25)26-11-12-4-2-1-3-5-12/h1-5,10,13-14H,6-9,11H2,(H,23,25)(H,21,22,24)/t13-,14+. The van der Waals surface area contributed by atoms with Crippen LogP contribution in [0.2, 0.25) is 5.28 Å². The summed E-state index contributed by atoms with van der Waals surface area (Å²) in [5.41, 5.74) is 0.945. The Morgan fingerprint density at radius 3 is 2.62 bits per heavy atom. The van der Waals surface area contributed by atoms with Crippen molar-refractivity contribution in [2.45, 2.75) is 44.4 Å². The number of halogens is 2. The van der Waals surface area contributed by atoms with E-state index >= 15 is 0 Å². The van der Waals surface area contributed by atoms with Crippen LogP contribution in [0.5, 0.6) is 0 Å². The number of alkyl carbamates (subject to hydrolysis) is 1. The molecule has 1 saturated carbocycles. The molecule has 0 unspecified atom stereocenters. The summed E-state index contributed by atoms with van der Waals surface area (Å²) in [5, 5.41) is 5.95. The molecule has 2 aromatic rings. The second-order valence-corrected chi connectivity index (χ2v) is 6.57. The number of benzene rings is 1. The number of hydrogen-bond donors (Lipinski definition) is 2. The van der Waals surface area contributed by atoms with E-state index in [0.717, 1.165) is 37.4 Å². The number of ether oxygens (including phenoxy) is 1. The van der Waals surface area contributed by atoms with Gasteiger partial charge < -0.3 is 15.4 Å². The van der Waals surface area contributed by atoms with Crippen molar-refractivity contribution in [3.63, 3.8) is 0 Å². The monoisotopic (exact) mass is 378 g/mol.